The van der Waals surface area contributed by atoms with Crippen LogP contribution in [0.2, 0.25) is 0 Å². The number of halogens is 1. The van der Waals surface area contributed by atoms with Gasteiger partial charge in [-0.05, 0) is 17.7 Å². The molecule has 20 heavy (non-hydrogen) atoms. The Balaban J connectivity index is 2.55. The smallest absolute Gasteiger partial charge is 0.118 e. The van der Waals surface area contributed by atoms with E-state index in [4.69, 9.17) is 25.8 Å². The fourth-order valence-corrected chi connectivity index (χ4v) is 2.22. The standard InChI is InChI=1S/C15H24ClNO3/c1-18-10-8-17(9-11-19-2)12-15(16)13-4-6-14(20-3)7-5-13/h4-7,15H,8-12H2,1-3H3. The van der Waals surface area contributed by atoms with Gasteiger partial charge in [0.25, 0.3) is 0 Å². The van der Waals surface area contributed by atoms with E-state index in [2.05, 4.69) is 4.90 Å². The van der Waals surface area contributed by atoms with Crippen LogP contribution in [0.3, 0.4) is 0 Å². The van der Waals surface area contributed by atoms with E-state index in [1.807, 2.05) is 24.3 Å². The molecule has 1 atom stereocenters. The first-order valence-electron chi connectivity index (χ1n) is 6.69. The van der Waals surface area contributed by atoms with Gasteiger partial charge in [0.05, 0.1) is 25.7 Å². The fourth-order valence-electron chi connectivity index (χ4n) is 1.88. The molecule has 0 amide bonds. The van der Waals surface area contributed by atoms with Crippen LogP contribution in [0.4, 0.5) is 0 Å². The van der Waals surface area contributed by atoms with Gasteiger partial charge in [0, 0.05) is 33.9 Å². The first-order chi connectivity index (χ1) is 9.71. The number of hydrogen-bond donors (Lipinski definition) is 0. The number of nitrogens with zero attached hydrogens (tertiary/aromatic N) is 1. The molecule has 1 rings (SSSR count). The van der Waals surface area contributed by atoms with Crippen LogP contribution < -0.4 is 4.74 Å². The quantitative estimate of drug-likeness (QED) is 0.622. The second kappa shape index (κ2) is 10.00. The second-order valence-corrected chi connectivity index (χ2v) is 5.05. The average molecular weight is 302 g/mol. The number of rotatable bonds is 10. The molecule has 1 aromatic carbocycles. The molecule has 0 spiro atoms. The van der Waals surface area contributed by atoms with Crippen molar-refractivity contribution < 1.29 is 14.2 Å². The van der Waals surface area contributed by atoms with Gasteiger partial charge in [0.1, 0.15) is 5.75 Å². The molecule has 0 N–H and O–H groups in total. The number of alkyl halides is 1. The molecule has 1 aromatic rings. The van der Waals surface area contributed by atoms with Crippen LogP contribution in [0.15, 0.2) is 24.3 Å². The summed E-state index contributed by atoms with van der Waals surface area (Å²) in [6, 6.07) is 7.86. The number of hydrogen-bond acceptors (Lipinski definition) is 4. The van der Waals surface area contributed by atoms with Gasteiger partial charge in [0.15, 0.2) is 0 Å². The van der Waals surface area contributed by atoms with Gasteiger partial charge >= 0.3 is 0 Å². The van der Waals surface area contributed by atoms with E-state index in [1.54, 1.807) is 21.3 Å². The molecule has 0 bridgehead atoms. The van der Waals surface area contributed by atoms with Gasteiger partial charge in [0.2, 0.25) is 0 Å². The highest BCUT2D eigenvalue weighted by Crippen LogP contribution is 2.23. The van der Waals surface area contributed by atoms with Gasteiger partial charge in [-0.3, -0.25) is 4.90 Å². The molecule has 0 saturated heterocycles. The SMILES string of the molecule is COCCN(CCOC)CC(Cl)c1ccc(OC)cc1. The van der Waals surface area contributed by atoms with Crippen molar-refractivity contribution in [3.63, 3.8) is 0 Å². The number of methoxy groups -OCH3 is 3. The van der Waals surface area contributed by atoms with E-state index in [9.17, 15) is 0 Å². The maximum atomic E-state index is 6.49. The largest absolute Gasteiger partial charge is 0.497 e. The summed E-state index contributed by atoms with van der Waals surface area (Å²) in [6.45, 7) is 3.84. The third-order valence-electron chi connectivity index (χ3n) is 3.12. The lowest BCUT2D eigenvalue weighted by atomic mass is 10.1. The van der Waals surface area contributed by atoms with Crippen LogP contribution in [-0.4, -0.2) is 59.1 Å². The highest BCUT2D eigenvalue weighted by molar-refractivity contribution is 6.21. The molecule has 4 nitrogen and oxygen atoms in total. The Morgan fingerprint density at radius 1 is 1.00 bits per heavy atom. The Hall–Kier alpha value is -0.810. The molecule has 0 aromatic heterocycles. The topological polar surface area (TPSA) is 30.9 Å². The Morgan fingerprint density at radius 3 is 2.00 bits per heavy atom. The van der Waals surface area contributed by atoms with Crippen molar-refractivity contribution in [1.29, 1.82) is 0 Å². The van der Waals surface area contributed by atoms with E-state index in [1.165, 1.54) is 0 Å². The predicted octanol–water partition coefficient (Wildman–Crippen LogP) is 2.57. The van der Waals surface area contributed by atoms with Gasteiger partial charge in [-0.15, -0.1) is 11.6 Å². The first-order valence-corrected chi connectivity index (χ1v) is 7.13. The maximum absolute atomic E-state index is 6.49. The van der Waals surface area contributed by atoms with E-state index in [0.29, 0.717) is 13.2 Å². The zero-order chi connectivity index (χ0) is 14.8. The monoisotopic (exact) mass is 301 g/mol. The minimum absolute atomic E-state index is 0.0605. The predicted molar refractivity (Wildman–Crippen MR) is 81.8 cm³/mol. The Kier molecular flexibility index (Phi) is 8.62. The second-order valence-electron chi connectivity index (χ2n) is 4.53. The molecule has 1 unspecified atom stereocenters. The van der Waals surface area contributed by atoms with Gasteiger partial charge < -0.3 is 14.2 Å². The minimum atomic E-state index is -0.0605. The third kappa shape index (κ3) is 6.09. The molecule has 0 saturated carbocycles. The highest BCUT2D eigenvalue weighted by atomic mass is 35.5. The van der Waals surface area contributed by atoms with Crippen LogP contribution in [0.5, 0.6) is 5.75 Å². The van der Waals surface area contributed by atoms with Crippen molar-refractivity contribution in [3.8, 4) is 5.75 Å². The Bertz CT molecular complexity index is 351. The molecular weight excluding hydrogens is 278 g/mol. The van der Waals surface area contributed by atoms with Crippen molar-refractivity contribution in [2.75, 3.05) is 54.2 Å². The summed E-state index contributed by atoms with van der Waals surface area (Å²) in [6.07, 6.45) is 0. The van der Waals surface area contributed by atoms with Gasteiger partial charge in [-0.25, -0.2) is 0 Å². The summed E-state index contributed by atoms with van der Waals surface area (Å²) >= 11 is 6.49. The summed E-state index contributed by atoms with van der Waals surface area (Å²) in [5, 5.41) is -0.0605. The molecule has 0 aliphatic rings. The highest BCUT2D eigenvalue weighted by Gasteiger charge is 2.13. The number of benzene rings is 1. The van der Waals surface area contributed by atoms with E-state index in [0.717, 1.165) is 30.9 Å². The summed E-state index contributed by atoms with van der Waals surface area (Å²) in [4.78, 5) is 2.24. The molecule has 0 fully saturated rings. The summed E-state index contributed by atoms with van der Waals surface area (Å²) in [5.41, 5.74) is 1.09. The summed E-state index contributed by atoms with van der Waals surface area (Å²) in [7, 11) is 5.07. The Morgan fingerprint density at radius 2 is 1.55 bits per heavy atom. The van der Waals surface area contributed by atoms with Crippen molar-refractivity contribution in [2.45, 2.75) is 5.38 Å². The van der Waals surface area contributed by atoms with E-state index < -0.39 is 0 Å². The van der Waals surface area contributed by atoms with Gasteiger partial charge in [-0.2, -0.15) is 0 Å². The lowest BCUT2D eigenvalue weighted by Crippen LogP contribution is -2.33. The molecular formula is C15H24ClNO3. The van der Waals surface area contributed by atoms with Crippen LogP contribution in [0, 0.1) is 0 Å². The van der Waals surface area contributed by atoms with Crippen LogP contribution in [0.1, 0.15) is 10.9 Å². The zero-order valence-corrected chi connectivity index (χ0v) is 13.2. The Labute approximate surface area is 126 Å². The van der Waals surface area contributed by atoms with Crippen molar-refractivity contribution in [1.82, 2.24) is 4.90 Å². The van der Waals surface area contributed by atoms with Crippen LogP contribution in [-0.2, 0) is 9.47 Å². The minimum Gasteiger partial charge on any atom is -0.497 e. The van der Waals surface area contributed by atoms with Crippen LogP contribution >= 0.6 is 11.6 Å². The van der Waals surface area contributed by atoms with Gasteiger partial charge in [-0.1, -0.05) is 12.1 Å². The lowest BCUT2D eigenvalue weighted by Gasteiger charge is -2.24. The van der Waals surface area contributed by atoms with Crippen molar-refractivity contribution in [2.24, 2.45) is 0 Å². The van der Waals surface area contributed by atoms with E-state index >= 15 is 0 Å². The van der Waals surface area contributed by atoms with Crippen molar-refractivity contribution >= 4 is 11.6 Å². The first kappa shape index (κ1) is 17.2. The molecule has 114 valence electrons. The lowest BCUT2D eigenvalue weighted by molar-refractivity contribution is 0.114. The average Bonchev–Trinajstić information content (AvgIpc) is 2.49. The molecule has 0 heterocycles. The van der Waals surface area contributed by atoms with E-state index in [-0.39, 0.29) is 5.38 Å². The molecule has 0 aliphatic heterocycles. The molecule has 0 aliphatic carbocycles. The molecule has 5 heteroatoms. The number of ether oxygens (including phenoxy) is 3. The molecule has 0 radical (unpaired) electrons. The zero-order valence-electron chi connectivity index (χ0n) is 12.5. The third-order valence-corrected chi connectivity index (χ3v) is 3.51. The normalized spacial score (nSPS) is 12.7. The summed E-state index contributed by atoms with van der Waals surface area (Å²) < 4.78 is 15.4. The fraction of sp³-hybridized carbons (Fsp3) is 0.600. The summed E-state index contributed by atoms with van der Waals surface area (Å²) in [5.74, 6) is 0.841. The maximum Gasteiger partial charge on any atom is 0.118 e. The van der Waals surface area contributed by atoms with Crippen molar-refractivity contribution in [3.05, 3.63) is 29.8 Å². The van der Waals surface area contributed by atoms with Crippen LogP contribution in [0.25, 0.3) is 0 Å².